The first-order chi connectivity index (χ1) is 12.1. The molecule has 25 heavy (non-hydrogen) atoms. The van der Waals surface area contributed by atoms with E-state index >= 15 is 0 Å². The molecule has 4 heteroatoms. The Morgan fingerprint density at radius 3 is 2.32 bits per heavy atom. The number of ether oxygens (including phenoxy) is 3. The highest BCUT2D eigenvalue weighted by Crippen LogP contribution is 2.60. The number of hydrogen-bond acceptors (Lipinski definition) is 4. The lowest BCUT2D eigenvalue weighted by atomic mass is 9.49. The van der Waals surface area contributed by atoms with Gasteiger partial charge in [-0.15, -0.1) is 0 Å². The second-order valence-electron chi connectivity index (χ2n) is 8.46. The van der Waals surface area contributed by atoms with Crippen LogP contribution in [0.1, 0.15) is 51.9 Å². The Labute approximate surface area is 150 Å². The lowest BCUT2D eigenvalue weighted by Gasteiger charge is -2.55. The normalized spacial score (nSPS) is 39.5. The third-order valence-electron chi connectivity index (χ3n) is 6.61. The minimum Gasteiger partial charge on any atom is -0.426 e. The van der Waals surface area contributed by atoms with Gasteiger partial charge in [-0.25, -0.2) is 0 Å². The van der Waals surface area contributed by atoms with Gasteiger partial charge in [0, 0.05) is 13.0 Å². The zero-order chi connectivity index (χ0) is 17.4. The molecule has 5 aliphatic carbocycles. The number of carbonyl (C=O) groups is 1. The second kappa shape index (κ2) is 6.88. The van der Waals surface area contributed by atoms with Gasteiger partial charge >= 0.3 is 5.97 Å². The molecule has 137 valence electrons. The van der Waals surface area contributed by atoms with Crippen molar-refractivity contribution in [1.29, 1.82) is 0 Å². The van der Waals surface area contributed by atoms with Crippen LogP contribution in [0.4, 0.5) is 0 Å². The molecule has 1 atom stereocenters. The Hall–Kier alpha value is -1.13. The molecule has 0 saturated heterocycles. The number of esters is 1. The van der Waals surface area contributed by atoms with Crippen LogP contribution in [0.2, 0.25) is 0 Å². The van der Waals surface area contributed by atoms with Crippen molar-refractivity contribution >= 4 is 5.97 Å². The van der Waals surface area contributed by atoms with Gasteiger partial charge in [0.05, 0.1) is 5.41 Å². The molecule has 5 rings (SSSR count). The molecule has 0 amide bonds. The van der Waals surface area contributed by atoms with Crippen molar-refractivity contribution in [1.82, 2.24) is 0 Å². The van der Waals surface area contributed by atoms with Crippen molar-refractivity contribution in [3.63, 3.8) is 0 Å². The topological polar surface area (TPSA) is 44.8 Å². The van der Waals surface area contributed by atoms with Crippen LogP contribution in [-0.4, -0.2) is 19.9 Å². The first-order valence-electron chi connectivity index (χ1n) is 9.72. The predicted octanol–water partition coefficient (Wildman–Crippen LogP) is 4.38. The van der Waals surface area contributed by atoms with Crippen molar-refractivity contribution < 1.29 is 19.0 Å². The summed E-state index contributed by atoms with van der Waals surface area (Å²) in [5.74, 6) is 3.08. The minimum atomic E-state index is -0.207. The summed E-state index contributed by atoms with van der Waals surface area (Å²) in [5, 5.41) is 0. The Morgan fingerprint density at radius 2 is 1.76 bits per heavy atom. The fourth-order valence-corrected chi connectivity index (χ4v) is 5.87. The van der Waals surface area contributed by atoms with Crippen LogP contribution in [0.3, 0.4) is 0 Å². The van der Waals surface area contributed by atoms with Gasteiger partial charge in [-0.3, -0.25) is 4.79 Å². The third kappa shape index (κ3) is 3.31. The first-order valence-corrected chi connectivity index (χ1v) is 9.72. The summed E-state index contributed by atoms with van der Waals surface area (Å²) in [7, 11) is 1.61. The van der Waals surface area contributed by atoms with Crippen LogP contribution in [0.5, 0.6) is 0 Å². The molecule has 1 radical (unpaired) electrons. The molecule has 0 aliphatic heterocycles. The lowest BCUT2D eigenvalue weighted by molar-refractivity contribution is -0.166. The minimum absolute atomic E-state index is 0.0126. The molecule has 0 aromatic carbocycles. The standard InChI is InChI=1S/C21H29O4/c1-3-17-9-18(4-5-19(17)24-13-23-2)25-20(22)21-10-14-6-15(11-21)8-16(7-14)12-21/h4-5,9,14-17H,3,6-8,10-13H2,1-2H3. The van der Waals surface area contributed by atoms with Gasteiger partial charge < -0.3 is 14.2 Å². The summed E-state index contributed by atoms with van der Waals surface area (Å²) in [6.07, 6.45) is 14.7. The average Bonchev–Trinajstić information content (AvgIpc) is 2.59. The van der Waals surface area contributed by atoms with Crippen LogP contribution in [0.25, 0.3) is 0 Å². The van der Waals surface area contributed by atoms with Crippen molar-refractivity contribution in [3.05, 3.63) is 30.1 Å². The number of rotatable bonds is 6. The van der Waals surface area contributed by atoms with E-state index in [9.17, 15) is 4.79 Å². The molecule has 0 heterocycles. The molecule has 4 nitrogen and oxygen atoms in total. The van der Waals surface area contributed by atoms with E-state index in [1.165, 1.54) is 19.3 Å². The first kappa shape index (κ1) is 17.3. The Bertz CT molecular complexity index is 541. The maximum absolute atomic E-state index is 13.1. The van der Waals surface area contributed by atoms with Gasteiger partial charge in [0.1, 0.15) is 18.7 Å². The van der Waals surface area contributed by atoms with Crippen molar-refractivity contribution in [3.8, 4) is 0 Å². The zero-order valence-electron chi connectivity index (χ0n) is 15.3. The summed E-state index contributed by atoms with van der Waals surface area (Å²) >= 11 is 0. The van der Waals surface area contributed by atoms with E-state index in [0.29, 0.717) is 5.76 Å². The van der Waals surface area contributed by atoms with Crippen LogP contribution < -0.4 is 0 Å². The summed E-state index contributed by atoms with van der Waals surface area (Å²) in [6, 6.07) is 0. The predicted molar refractivity (Wildman–Crippen MR) is 93.9 cm³/mol. The molecule has 0 N–H and O–H groups in total. The Morgan fingerprint density at radius 1 is 1.12 bits per heavy atom. The molecule has 4 bridgehead atoms. The smallest absolute Gasteiger partial charge is 0.317 e. The number of allylic oxidation sites excluding steroid dienone is 1. The summed E-state index contributed by atoms with van der Waals surface area (Å²) in [6.45, 7) is 2.35. The quantitative estimate of drug-likeness (QED) is 0.529. The largest absolute Gasteiger partial charge is 0.426 e. The number of hydrogen-bond donors (Lipinski definition) is 0. The average molecular weight is 345 g/mol. The highest BCUT2D eigenvalue weighted by Gasteiger charge is 2.55. The summed E-state index contributed by atoms with van der Waals surface area (Å²) in [5.41, 5.74) is -0.207. The Balaban J connectivity index is 1.43. The fourth-order valence-electron chi connectivity index (χ4n) is 5.87. The van der Waals surface area contributed by atoms with E-state index < -0.39 is 0 Å². The van der Waals surface area contributed by atoms with Crippen molar-refractivity contribution in [2.45, 2.75) is 51.9 Å². The van der Waals surface area contributed by atoms with Crippen molar-refractivity contribution in [2.24, 2.45) is 29.1 Å². The molecule has 0 spiro atoms. The van der Waals surface area contributed by atoms with Crippen LogP contribution >= 0.6 is 0 Å². The van der Waals surface area contributed by atoms with Gasteiger partial charge in [-0.2, -0.15) is 0 Å². The van der Waals surface area contributed by atoms with Crippen LogP contribution in [0.15, 0.2) is 24.0 Å². The molecular formula is C21H29O4. The van der Waals surface area contributed by atoms with Gasteiger partial charge in [0.15, 0.2) is 0 Å². The SMILES string of the molecule is CCC1C=C(OC(=O)C23CC4CC(CC(C4)C2)C3)C=C[C]1OCOC. The molecule has 4 fully saturated rings. The third-order valence-corrected chi connectivity index (χ3v) is 6.61. The van der Waals surface area contributed by atoms with Gasteiger partial charge in [0.2, 0.25) is 0 Å². The molecule has 0 aromatic rings. The summed E-state index contributed by atoms with van der Waals surface area (Å²) in [4.78, 5) is 13.1. The van der Waals surface area contributed by atoms with Gasteiger partial charge in [-0.1, -0.05) is 6.92 Å². The Kier molecular flexibility index (Phi) is 4.76. The fraction of sp³-hybridized carbons (Fsp3) is 0.714. The second-order valence-corrected chi connectivity index (χ2v) is 8.46. The molecule has 0 aromatic heterocycles. The van der Waals surface area contributed by atoms with E-state index in [2.05, 4.69) is 6.92 Å². The van der Waals surface area contributed by atoms with Gasteiger partial charge in [0.25, 0.3) is 0 Å². The van der Waals surface area contributed by atoms with Crippen LogP contribution in [-0.2, 0) is 19.0 Å². The monoisotopic (exact) mass is 345 g/mol. The van der Waals surface area contributed by atoms with E-state index in [4.69, 9.17) is 14.2 Å². The van der Waals surface area contributed by atoms with E-state index in [0.717, 1.165) is 49.5 Å². The highest BCUT2D eigenvalue weighted by molar-refractivity contribution is 5.79. The molecule has 4 saturated carbocycles. The van der Waals surface area contributed by atoms with Gasteiger partial charge in [-0.05, 0) is 80.9 Å². The van der Waals surface area contributed by atoms with E-state index in [-0.39, 0.29) is 24.1 Å². The van der Waals surface area contributed by atoms with E-state index in [1.54, 1.807) is 7.11 Å². The summed E-state index contributed by atoms with van der Waals surface area (Å²) < 4.78 is 16.5. The highest BCUT2D eigenvalue weighted by atomic mass is 16.7. The number of methoxy groups -OCH3 is 1. The van der Waals surface area contributed by atoms with E-state index in [1.807, 2.05) is 18.2 Å². The molecule has 1 unspecified atom stereocenters. The molecule has 5 aliphatic rings. The molecular weight excluding hydrogens is 316 g/mol. The lowest BCUT2D eigenvalue weighted by Crippen LogP contribution is -2.50. The maximum atomic E-state index is 13.1. The van der Waals surface area contributed by atoms with Crippen LogP contribution in [0, 0.1) is 35.2 Å². The maximum Gasteiger partial charge on any atom is 0.317 e. The number of carbonyl (C=O) groups excluding carboxylic acids is 1. The zero-order valence-corrected chi connectivity index (χ0v) is 15.3. The van der Waals surface area contributed by atoms with Crippen molar-refractivity contribution in [2.75, 3.05) is 13.9 Å².